The average Bonchev–Trinajstić information content (AvgIpc) is 2.69. The van der Waals surface area contributed by atoms with E-state index in [2.05, 4.69) is 11.9 Å². The molecule has 7 heteroatoms. The lowest BCUT2D eigenvalue weighted by atomic mass is 10.1. The van der Waals surface area contributed by atoms with Crippen LogP contribution in [0.2, 0.25) is 0 Å². The van der Waals surface area contributed by atoms with Crippen molar-refractivity contribution >= 4 is 29.3 Å². The van der Waals surface area contributed by atoms with Crippen LogP contribution >= 0.6 is 11.8 Å². The van der Waals surface area contributed by atoms with Crippen LogP contribution < -0.4 is 10.1 Å². The van der Waals surface area contributed by atoms with E-state index in [0.29, 0.717) is 13.1 Å². The average molecular weight is 376 g/mol. The van der Waals surface area contributed by atoms with E-state index in [1.54, 1.807) is 16.7 Å². The third kappa shape index (κ3) is 5.02. The summed E-state index contributed by atoms with van der Waals surface area (Å²) < 4.78 is 11.3. The number of rotatable bonds is 5. The molecule has 2 aliphatic heterocycles. The van der Waals surface area contributed by atoms with Crippen LogP contribution in [0.1, 0.15) is 12.8 Å². The van der Waals surface area contributed by atoms with E-state index in [1.807, 2.05) is 24.3 Å². The maximum Gasteiger partial charge on any atom is 0.246 e. The molecule has 1 atom stereocenters. The van der Waals surface area contributed by atoms with Crippen molar-refractivity contribution in [2.45, 2.75) is 24.2 Å². The van der Waals surface area contributed by atoms with Gasteiger partial charge in [-0.2, -0.15) is 0 Å². The number of hydrogen-bond acceptors (Lipinski definition) is 5. The Labute approximate surface area is 157 Å². The highest BCUT2D eigenvalue weighted by Crippen LogP contribution is 2.23. The number of nitrogens with zero attached hydrogens (tertiary/aromatic N) is 1. The smallest absolute Gasteiger partial charge is 0.246 e. The molecule has 2 heterocycles. The Bertz CT molecular complexity index is 643. The quantitative estimate of drug-likeness (QED) is 0.799. The molecule has 0 spiro atoms. The first-order chi connectivity index (χ1) is 12.7. The summed E-state index contributed by atoms with van der Waals surface area (Å²) in [6.07, 6.45) is 3.28. The molecule has 6 nitrogen and oxygen atoms in total. The zero-order valence-corrected chi connectivity index (χ0v) is 15.5. The molecule has 0 aromatic heterocycles. The Morgan fingerprint density at radius 3 is 2.69 bits per heavy atom. The van der Waals surface area contributed by atoms with Crippen LogP contribution in [0.15, 0.2) is 36.9 Å². The number of ether oxygens (including phenoxy) is 2. The van der Waals surface area contributed by atoms with Gasteiger partial charge in [-0.1, -0.05) is 6.58 Å². The van der Waals surface area contributed by atoms with Crippen molar-refractivity contribution < 1.29 is 19.1 Å². The predicted molar refractivity (Wildman–Crippen MR) is 103 cm³/mol. The third-order valence-electron chi connectivity index (χ3n) is 4.44. The molecular weight excluding hydrogens is 352 g/mol. The topological polar surface area (TPSA) is 67.9 Å². The van der Waals surface area contributed by atoms with E-state index in [9.17, 15) is 9.59 Å². The van der Waals surface area contributed by atoms with Gasteiger partial charge < -0.3 is 19.7 Å². The predicted octanol–water partition coefficient (Wildman–Crippen LogP) is 2.31. The van der Waals surface area contributed by atoms with Crippen LogP contribution in [0.4, 0.5) is 5.69 Å². The number of nitrogens with one attached hydrogen (secondary N) is 1. The zero-order valence-electron chi connectivity index (χ0n) is 14.7. The van der Waals surface area contributed by atoms with Crippen molar-refractivity contribution in [3.63, 3.8) is 0 Å². The first kappa shape index (κ1) is 18.8. The van der Waals surface area contributed by atoms with Gasteiger partial charge in [0.05, 0.1) is 13.2 Å². The van der Waals surface area contributed by atoms with E-state index in [4.69, 9.17) is 9.47 Å². The first-order valence-electron chi connectivity index (χ1n) is 8.84. The lowest BCUT2D eigenvalue weighted by molar-refractivity contribution is -0.126. The SMILES string of the molecule is C=CC(=O)N1CCSC(C(=O)Nc2ccc(OC3CCOCC3)cc2)C1. The second-order valence-electron chi connectivity index (χ2n) is 6.29. The Kier molecular flexibility index (Phi) is 6.57. The largest absolute Gasteiger partial charge is 0.490 e. The second-order valence-corrected chi connectivity index (χ2v) is 7.60. The maximum absolute atomic E-state index is 12.5. The van der Waals surface area contributed by atoms with E-state index >= 15 is 0 Å². The number of hydrogen-bond donors (Lipinski definition) is 1. The highest BCUT2D eigenvalue weighted by molar-refractivity contribution is 8.00. The summed E-state index contributed by atoms with van der Waals surface area (Å²) in [5, 5.41) is 2.65. The fourth-order valence-corrected chi connectivity index (χ4v) is 4.07. The number of benzene rings is 1. The minimum absolute atomic E-state index is 0.0883. The monoisotopic (exact) mass is 376 g/mol. The molecule has 2 fully saturated rings. The van der Waals surface area contributed by atoms with Crippen molar-refractivity contribution in [3.05, 3.63) is 36.9 Å². The summed E-state index contributed by atoms with van der Waals surface area (Å²) in [7, 11) is 0. The van der Waals surface area contributed by atoms with Gasteiger partial charge in [0.25, 0.3) is 0 Å². The van der Waals surface area contributed by atoms with E-state index in [0.717, 1.165) is 43.2 Å². The fraction of sp³-hybridized carbons (Fsp3) is 0.474. The molecule has 3 rings (SSSR count). The van der Waals surface area contributed by atoms with Crippen LogP contribution in [0.5, 0.6) is 5.75 Å². The molecule has 1 aromatic rings. The van der Waals surface area contributed by atoms with Crippen molar-refractivity contribution in [1.29, 1.82) is 0 Å². The molecule has 2 saturated heterocycles. The lowest BCUT2D eigenvalue weighted by Crippen LogP contribution is -2.45. The third-order valence-corrected chi connectivity index (χ3v) is 5.62. The van der Waals surface area contributed by atoms with Gasteiger partial charge in [0.15, 0.2) is 0 Å². The zero-order chi connectivity index (χ0) is 18.4. The summed E-state index contributed by atoms with van der Waals surface area (Å²) >= 11 is 1.57. The normalized spacial score (nSPS) is 21.1. The lowest BCUT2D eigenvalue weighted by Gasteiger charge is -2.30. The molecule has 0 radical (unpaired) electrons. The van der Waals surface area contributed by atoms with Gasteiger partial charge in [-0.05, 0) is 30.3 Å². The minimum atomic E-state index is -0.272. The van der Waals surface area contributed by atoms with Gasteiger partial charge in [-0.3, -0.25) is 9.59 Å². The van der Waals surface area contributed by atoms with Crippen LogP contribution in [0, 0.1) is 0 Å². The van der Waals surface area contributed by atoms with Crippen molar-refractivity contribution in [1.82, 2.24) is 4.90 Å². The van der Waals surface area contributed by atoms with Crippen LogP contribution in [0.3, 0.4) is 0 Å². The molecule has 1 aromatic carbocycles. The van der Waals surface area contributed by atoms with Crippen LogP contribution in [0.25, 0.3) is 0 Å². The number of thioether (sulfide) groups is 1. The van der Waals surface area contributed by atoms with Gasteiger partial charge in [0.2, 0.25) is 11.8 Å². The molecule has 0 bridgehead atoms. The Morgan fingerprint density at radius 1 is 1.27 bits per heavy atom. The van der Waals surface area contributed by atoms with Crippen molar-refractivity contribution in [3.8, 4) is 5.75 Å². The number of carbonyl (C=O) groups excluding carboxylic acids is 2. The summed E-state index contributed by atoms with van der Waals surface area (Å²) in [4.78, 5) is 25.9. The summed E-state index contributed by atoms with van der Waals surface area (Å²) in [6, 6.07) is 7.42. The number of amides is 2. The summed E-state index contributed by atoms with van der Waals surface area (Å²) in [6.45, 7) is 6.04. The highest BCUT2D eigenvalue weighted by atomic mass is 32.2. The first-order valence-corrected chi connectivity index (χ1v) is 9.89. The number of carbonyl (C=O) groups is 2. The van der Waals surface area contributed by atoms with E-state index in [-0.39, 0.29) is 23.2 Å². The van der Waals surface area contributed by atoms with Gasteiger partial charge in [0, 0.05) is 37.4 Å². The second kappa shape index (κ2) is 9.09. The van der Waals surface area contributed by atoms with Gasteiger partial charge in [-0.25, -0.2) is 0 Å². The summed E-state index contributed by atoms with van der Waals surface area (Å²) in [5.74, 6) is 1.33. The van der Waals surface area contributed by atoms with Gasteiger partial charge >= 0.3 is 0 Å². The van der Waals surface area contributed by atoms with Gasteiger partial charge in [-0.15, -0.1) is 11.8 Å². The molecule has 0 aliphatic carbocycles. The molecule has 140 valence electrons. The van der Waals surface area contributed by atoms with E-state index < -0.39 is 0 Å². The van der Waals surface area contributed by atoms with Crippen molar-refractivity contribution in [2.24, 2.45) is 0 Å². The molecule has 0 saturated carbocycles. The van der Waals surface area contributed by atoms with E-state index in [1.165, 1.54) is 6.08 Å². The molecule has 26 heavy (non-hydrogen) atoms. The van der Waals surface area contributed by atoms with Crippen LogP contribution in [-0.4, -0.2) is 60.1 Å². The highest BCUT2D eigenvalue weighted by Gasteiger charge is 2.28. The maximum atomic E-state index is 12.5. The minimum Gasteiger partial charge on any atom is -0.490 e. The fourth-order valence-electron chi connectivity index (χ4n) is 2.96. The molecule has 1 N–H and O–H groups in total. The molecule has 1 unspecified atom stereocenters. The number of anilines is 1. The molecule has 2 amide bonds. The molecular formula is C19H24N2O4S. The van der Waals surface area contributed by atoms with Gasteiger partial charge in [0.1, 0.15) is 17.1 Å². The Morgan fingerprint density at radius 2 is 2.00 bits per heavy atom. The Hall–Kier alpha value is -1.99. The summed E-state index contributed by atoms with van der Waals surface area (Å²) in [5.41, 5.74) is 0.724. The van der Waals surface area contributed by atoms with Crippen LogP contribution in [-0.2, 0) is 14.3 Å². The standard InChI is InChI=1S/C19H24N2O4S/c1-2-18(22)21-9-12-26-17(13-21)19(23)20-14-3-5-15(6-4-14)25-16-7-10-24-11-8-16/h2-6,16-17H,1,7-13H2,(H,20,23). The molecule has 2 aliphatic rings. The Balaban J connectivity index is 1.52. The van der Waals surface area contributed by atoms with Crippen molar-refractivity contribution in [2.75, 3.05) is 37.4 Å².